The highest BCUT2D eigenvalue weighted by Gasteiger charge is 1.97. The van der Waals surface area contributed by atoms with Gasteiger partial charge in [-0.25, -0.2) is 0 Å². The average molecular weight is 269 g/mol. The summed E-state index contributed by atoms with van der Waals surface area (Å²) in [6.45, 7) is 12.3. The van der Waals surface area contributed by atoms with E-state index in [2.05, 4.69) is 36.3 Å². The number of amides is 1. The minimum Gasteiger partial charge on any atom is -0.351 e. The lowest BCUT2D eigenvalue weighted by Gasteiger charge is -2.17. The maximum absolute atomic E-state index is 11.4. The van der Waals surface area contributed by atoms with Crippen molar-refractivity contribution in [3.8, 4) is 0 Å². The largest absolute Gasteiger partial charge is 0.351 e. The molecule has 2 N–H and O–H groups in total. The lowest BCUT2D eigenvalue weighted by Crippen LogP contribution is -2.36. The van der Waals surface area contributed by atoms with E-state index < -0.39 is 0 Å². The first kappa shape index (κ1) is 18.1. The fourth-order valence-corrected chi connectivity index (χ4v) is 1.75. The maximum Gasteiger partial charge on any atom is 0.243 e. The van der Waals surface area contributed by atoms with Gasteiger partial charge in [-0.1, -0.05) is 39.7 Å². The Bertz CT molecular complexity index is 238. The minimum absolute atomic E-state index is 0.0154. The molecule has 0 saturated carbocycles. The SMILES string of the molecule is CCCC/C=C/C(=O)NCCNCCN(CC)CC. The number of hydrogen-bond acceptors (Lipinski definition) is 3. The smallest absolute Gasteiger partial charge is 0.243 e. The van der Waals surface area contributed by atoms with E-state index in [1.807, 2.05) is 6.08 Å². The van der Waals surface area contributed by atoms with Crippen LogP contribution in [0.5, 0.6) is 0 Å². The third-order valence-corrected chi connectivity index (χ3v) is 3.09. The second-order valence-corrected chi connectivity index (χ2v) is 4.61. The molecule has 0 fully saturated rings. The molecule has 112 valence electrons. The van der Waals surface area contributed by atoms with Gasteiger partial charge in [-0.15, -0.1) is 0 Å². The van der Waals surface area contributed by atoms with E-state index in [0.717, 1.165) is 45.6 Å². The molecule has 0 aliphatic rings. The third-order valence-electron chi connectivity index (χ3n) is 3.09. The van der Waals surface area contributed by atoms with Gasteiger partial charge in [0, 0.05) is 26.2 Å². The van der Waals surface area contributed by atoms with Crippen LogP contribution in [-0.4, -0.2) is 50.1 Å². The zero-order valence-electron chi connectivity index (χ0n) is 12.9. The minimum atomic E-state index is 0.0154. The van der Waals surface area contributed by atoms with Gasteiger partial charge in [-0.2, -0.15) is 0 Å². The molecule has 0 bridgehead atoms. The monoisotopic (exact) mass is 269 g/mol. The number of hydrogen-bond donors (Lipinski definition) is 2. The van der Waals surface area contributed by atoms with Crippen LogP contribution in [0.4, 0.5) is 0 Å². The van der Waals surface area contributed by atoms with Gasteiger partial charge in [0.15, 0.2) is 0 Å². The van der Waals surface area contributed by atoms with E-state index in [-0.39, 0.29) is 5.91 Å². The lowest BCUT2D eigenvalue weighted by atomic mass is 10.2. The van der Waals surface area contributed by atoms with Gasteiger partial charge < -0.3 is 15.5 Å². The van der Waals surface area contributed by atoms with Crippen LogP contribution < -0.4 is 10.6 Å². The summed E-state index contributed by atoms with van der Waals surface area (Å²) in [7, 11) is 0. The van der Waals surface area contributed by atoms with Crippen molar-refractivity contribution < 1.29 is 4.79 Å². The van der Waals surface area contributed by atoms with Crippen LogP contribution >= 0.6 is 0 Å². The van der Waals surface area contributed by atoms with Crippen LogP contribution in [0, 0.1) is 0 Å². The summed E-state index contributed by atoms with van der Waals surface area (Å²) in [6, 6.07) is 0. The molecule has 4 nitrogen and oxygen atoms in total. The van der Waals surface area contributed by atoms with E-state index in [4.69, 9.17) is 0 Å². The highest BCUT2D eigenvalue weighted by molar-refractivity contribution is 5.87. The van der Waals surface area contributed by atoms with Crippen LogP contribution in [0.1, 0.15) is 40.0 Å². The van der Waals surface area contributed by atoms with Gasteiger partial charge >= 0.3 is 0 Å². The Labute approximate surface area is 118 Å². The predicted molar refractivity (Wildman–Crippen MR) is 82.3 cm³/mol. The number of carbonyl (C=O) groups is 1. The summed E-state index contributed by atoms with van der Waals surface area (Å²) in [5, 5.41) is 6.21. The molecule has 0 radical (unpaired) electrons. The maximum atomic E-state index is 11.4. The topological polar surface area (TPSA) is 44.4 Å². The lowest BCUT2D eigenvalue weighted by molar-refractivity contribution is -0.116. The molecular formula is C15H31N3O. The zero-order valence-corrected chi connectivity index (χ0v) is 12.9. The van der Waals surface area contributed by atoms with Gasteiger partial charge in [0.25, 0.3) is 0 Å². The fourth-order valence-electron chi connectivity index (χ4n) is 1.75. The highest BCUT2D eigenvalue weighted by atomic mass is 16.1. The molecular weight excluding hydrogens is 238 g/mol. The van der Waals surface area contributed by atoms with Crippen molar-refractivity contribution in [3.63, 3.8) is 0 Å². The quantitative estimate of drug-likeness (QED) is 0.419. The number of rotatable bonds is 12. The Morgan fingerprint density at radius 1 is 1.11 bits per heavy atom. The van der Waals surface area contributed by atoms with Gasteiger partial charge in [0.05, 0.1) is 0 Å². The second-order valence-electron chi connectivity index (χ2n) is 4.61. The van der Waals surface area contributed by atoms with Crippen molar-refractivity contribution in [1.82, 2.24) is 15.5 Å². The number of carbonyl (C=O) groups excluding carboxylic acids is 1. The summed E-state index contributed by atoms with van der Waals surface area (Å²) in [4.78, 5) is 13.8. The van der Waals surface area contributed by atoms with Crippen LogP contribution in [-0.2, 0) is 4.79 Å². The number of nitrogens with zero attached hydrogens (tertiary/aromatic N) is 1. The van der Waals surface area contributed by atoms with Gasteiger partial charge in [0.2, 0.25) is 5.91 Å². The van der Waals surface area contributed by atoms with Crippen molar-refractivity contribution in [3.05, 3.63) is 12.2 Å². The summed E-state index contributed by atoms with van der Waals surface area (Å²) in [5.74, 6) is 0.0154. The number of unbranched alkanes of at least 4 members (excludes halogenated alkanes) is 2. The molecule has 0 unspecified atom stereocenters. The Kier molecular flexibility index (Phi) is 12.9. The van der Waals surface area contributed by atoms with Crippen molar-refractivity contribution in [2.24, 2.45) is 0 Å². The number of allylic oxidation sites excluding steroid dienone is 1. The average Bonchev–Trinajstić information content (AvgIpc) is 2.43. The first-order valence-electron chi connectivity index (χ1n) is 7.62. The summed E-state index contributed by atoms with van der Waals surface area (Å²) >= 11 is 0. The molecule has 0 spiro atoms. The Morgan fingerprint density at radius 3 is 2.47 bits per heavy atom. The van der Waals surface area contributed by atoms with E-state index in [1.165, 1.54) is 6.42 Å². The molecule has 0 aromatic rings. The van der Waals surface area contributed by atoms with Crippen LogP contribution in [0.15, 0.2) is 12.2 Å². The molecule has 0 atom stereocenters. The van der Waals surface area contributed by atoms with Crippen LogP contribution in [0.3, 0.4) is 0 Å². The molecule has 0 rings (SSSR count). The molecule has 19 heavy (non-hydrogen) atoms. The summed E-state index contributed by atoms with van der Waals surface area (Å²) in [5.41, 5.74) is 0. The molecule has 1 amide bonds. The number of nitrogens with one attached hydrogen (secondary N) is 2. The Morgan fingerprint density at radius 2 is 1.84 bits per heavy atom. The van der Waals surface area contributed by atoms with Crippen molar-refractivity contribution in [2.75, 3.05) is 39.3 Å². The van der Waals surface area contributed by atoms with Crippen LogP contribution in [0.2, 0.25) is 0 Å². The van der Waals surface area contributed by atoms with E-state index >= 15 is 0 Å². The van der Waals surface area contributed by atoms with E-state index in [0.29, 0.717) is 6.54 Å². The summed E-state index contributed by atoms with van der Waals surface area (Å²) < 4.78 is 0. The predicted octanol–water partition coefficient (Wildman–Crippen LogP) is 1.78. The van der Waals surface area contributed by atoms with Gasteiger partial charge in [0.1, 0.15) is 0 Å². The third kappa shape index (κ3) is 11.9. The molecule has 0 aromatic carbocycles. The standard InChI is InChI=1S/C15H31N3O/c1-4-7-8-9-10-15(19)17-12-11-16-13-14-18(5-2)6-3/h9-10,16H,4-8,11-14H2,1-3H3,(H,17,19)/b10-9+. The highest BCUT2D eigenvalue weighted by Crippen LogP contribution is 1.94. The van der Waals surface area contributed by atoms with Gasteiger partial charge in [-0.05, 0) is 25.6 Å². The van der Waals surface area contributed by atoms with Crippen molar-refractivity contribution in [2.45, 2.75) is 40.0 Å². The molecule has 0 heterocycles. The van der Waals surface area contributed by atoms with Crippen LogP contribution in [0.25, 0.3) is 0 Å². The fraction of sp³-hybridized carbons (Fsp3) is 0.800. The molecule has 0 aliphatic carbocycles. The Hall–Kier alpha value is -0.870. The van der Waals surface area contributed by atoms with E-state index in [1.54, 1.807) is 6.08 Å². The normalized spacial score (nSPS) is 11.4. The number of likely N-dealkylation sites (N-methyl/N-ethyl adjacent to an activating group) is 1. The zero-order chi connectivity index (χ0) is 14.3. The first-order valence-corrected chi connectivity index (χ1v) is 7.62. The Balaban J connectivity index is 3.38. The van der Waals surface area contributed by atoms with Crippen molar-refractivity contribution >= 4 is 5.91 Å². The van der Waals surface area contributed by atoms with Crippen molar-refractivity contribution in [1.29, 1.82) is 0 Å². The van der Waals surface area contributed by atoms with Gasteiger partial charge in [-0.3, -0.25) is 4.79 Å². The molecule has 0 saturated heterocycles. The molecule has 0 aliphatic heterocycles. The molecule has 0 aromatic heterocycles. The van der Waals surface area contributed by atoms with E-state index in [9.17, 15) is 4.79 Å². The summed E-state index contributed by atoms with van der Waals surface area (Å²) in [6.07, 6.45) is 6.91. The molecule has 4 heteroatoms. The second kappa shape index (κ2) is 13.6. The first-order chi connectivity index (χ1) is 9.24.